The van der Waals surface area contributed by atoms with Gasteiger partial charge >= 0.3 is 0 Å². The predicted octanol–water partition coefficient (Wildman–Crippen LogP) is 3.08. The van der Waals surface area contributed by atoms with Crippen molar-refractivity contribution in [1.29, 1.82) is 5.26 Å². The number of hydrogen-bond donors (Lipinski definition) is 1. The van der Waals surface area contributed by atoms with E-state index in [2.05, 4.69) is 5.32 Å². The molecular weight excluding hydrogens is 308 g/mol. The second kappa shape index (κ2) is 7.56. The van der Waals surface area contributed by atoms with Gasteiger partial charge in [0.2, 0.25) is 0 Å². The lowest BCUT2D eigenvalue weighted by Crippen LogP contribution is -2.18. The quantitative estimate of drug-likeness (QED) is 0.395. The van der Waals surface area contributed by atoms with Crippen LogP contribution in [-0.2, 0) is 4.79 Å². The summed E-state index contributed by atoms with van der Waals surface area (Å²) in [5.41, 5.74) is 0.429. The Morgan fingerprint density at radius 3 is 2.46 bits per heavy atom. The van der Waals surface area contributed by atoms with Gasteiger partial charge in [-0.15, -0.1) is 0 Å². The highest BCUT2D eigenvalue weighted by Gasteiger charge is 2.17. The number of nitrogens with zero attached hydrogens (tertiary/aromatic N) is 3. The summed E-state index contributed by atoms with van der Waals surface area (Å²) in [6.45, 7) is 0. The van der Waals surface area contributed by atoms with Crippen LogP contribution in [0.3, 0.4) is 0 Å². The molecule has 2 rings (SSSR count). The van der Waals surface area contributed by atoms with Gasteiger partial charge in [0.25, 0.3) is 11.6 Å². The van der Waals surface area contributed by atoms with E-state index in [1.54, 1.807) is 18.0 Å². The number of rotatable bonds is 5. The van der Waals surface area contributed by atoms with E-state index < -0.39 is 10.8 Å². The highest BCUT2D eigenvalue weighted by molar-refractivity contribution is 6.07. The van der Waals surface area contributed by atoms with E-state index in [9.17, 15) is 20.2 Å². The Bertz CT molecular complexity index is 825. The maximum Gasteiger partial charge on any atom is 0.292 e. The zero-order valence-corrected chi connectivity index (χ0v) is 12.8. The highest BCUT2D eigenvalue weighted by Crippen LogP contribution is 2.23. The average Bonchev–Trinajstić information content (AvgIpc) is 2.60. The number of amides is 1. The monoisotopic (exact) mass is 322 g/mol. The van der Waals surface area contributed by atoms with E-state index in [4.69, 9.17) is 0 Å². The maximum atomic E-state index is 12.2. The first-order valence-corrected chi connectivity index (χ1v) is 6.97. The standard InChI is InChI=1S/C17H14N4O3/c1-20(14-7-3-2-4-8-14)12-13(11-18)17(22)19-15-9-5-6-10-16(15)21(23)24/h2-10,12H,1H3,(H,19,22)/b13-12-. The van der Waals surface area contributed by atoms with Crippen molar-refractivity contribution in [3.05, 3.63) is 76.5 Å². The molecule has 0 bridgehead atoms. The number of benzene rings is 2. The lowest BCUT2D eigenvalue weighted by atomic mass is 10.2. The number of carbonyl (C=O) groups excluding carboxylic acids is 1. The number of carbonyl (C=O) groups is 1. The van der Waals surface area contributed by atoms with Crippen molar-refractivity contribution in [3.8, 4) is 6.07 Å². The molecular formula is C17H14N4O3. The molecule has 0 saturated heterocycles. The topological polar surface area (TPSA) is 99.3 Å². The summed E-state index contributed by atoms with van der Waals surface area (Å²) in [6, 6.07) is 16.7. The van der Waals surface area contributed by atoms with Gasteiger partial charge in [0.05, 0.1) is 4.92 Å². The summed E-state index contributed by atoms with van der Waals surface area (Å²) >= 11 is 0. The molecule has 0 atom stereocenters. The van der Waals surface area contributed by atoms with E-state index >= 15 is 0 Å². The number of nitrogens with one attached hydrogen (secondary N) is 1. The zero-order valence-electron chi connectivity index (χ0n) is 12.8. The van der Waals surface area contributed by atoms with Crippen LogP contribution >= 0.6 is 0 Å². The van der Waals surface area contributed by atoms with Crippen LogP contribution in [0.2, 0.25) is 0 Å². The first-order chi connectivity index (χ1) is 11.5. The lowest BCUT2D eigenvalue weighted by molar-refractivity contribution is -0.383. The Hall–Kier alpha value is -3.66. The van der Waals surface area contributed by atoms with Gasteiger partial charge < -0.3 is 10.2 Å². The normalized spacial score (nSPS) is 10.6. The Balaban J connectivity index is 2.23. The third kappa shape index (κ3) is 3.96. The second-order valence-electron chi connectivity index (χ2n) is 4.83. The van der Waals surface area contributed by atoms with Crippen LogP contribution in [0.1, 0.15) is 0 Å². The van der Waals surface area contributed by atoms with Crippen LogP contribution in [0.5, 0.6) is 0 Å². The van der Waals surface area contributed by atoms with Crippen LogP contribution in [0.4, 0.5) is 17.1 Å². The number of nitro groups is 1. The van der Waals surface area contributed by atoms with Gasteiger partial charge in [-0.25, -0.2) is 0 Å². The summed E-state index contributed by atoms with van der Waals surface area (Å²) in [4.78, 5) is 24.2. The summed E-state index contributed by atoms with van der Waals surface area (Å²) < 4.78 is 0. The maximum absolute atomic E-state index is 12.2. The van der Waals surface area contributed by atoms with E-state index in [1.165, 1.54) is 24.4 Å². The fourth-order valence-electron chi connectivity index (χ4n) is 2.00. The Morgan fingerprint density at radius 1 is 1.21 bits per heavy atom. The summed E-state index contributed by atoms with van der Waals surface area (Å²) in [5, 5.41) is 22.6. The van der Waals surface area contributed by atoms with Gasteiger partial charge in [0.1, 0.15) is 17.3 Å². The molecule has 24 heavy (non-hydrogen) atoms. The molecule has 7 nitrogen and oxygen atoms in total. The minimum absolute atomic E-state index is 0.0380. The predicted molar refractivity (Wildman–Crippen MR) is 90.3 cm³/mol. The van der Waals surface area contributed by atoms with Gasteiger partial charge in [-0.1, -0.05) is 30.3 Å². The molecule has 0 unspecified atom stereocenters. The van der Waals surface area contributed by atoms with Gasteiger partial charge in [0, 0.05) is 25.0 Å². The summed E-state index contributed by atoms with van der Waals surface area (Å²) in [6.07, 6.45) is 1.37. The lowest BCUT2D eigenvalue weighted by Gasteiger charge is -2.14. The molecule has 0 radical (unpaired) electrons. The molecule has 7 heteroatoms. The van der Waals surface area contributed by atoms with Crippen LogP contribution in [0.15, 0.2) is 66.4 Å². The fraction of sp³-hybridized carbons (Fsp3) is 0.0588. The Kier molecular flexibility index (Phi) is 5.26. The zero-order chi connectivity index (χ0) is 17.5. The molecule has 120 valence electrons. The SMILES string of the molecule is CN(/C=C(/C#N)C(=O)Nc1ccccc1[N+](=O)[O-])c1ccccc1. The van der Waals surface area contributed by atoms with Crippen molar-refractivity contribution in [2.45, 2.75) is 0 Å². The summed E-state index contributed by atoms with van der Waals surface area (Å²) in [7, 11) is 1.70. The second-order valence-corrected chi connectivity index (χ2v) is 4.83. The van der Waals surface area contributed by atoms with E-state index in [1.807, 2.05) is 36.4 Å². The van der Waals surface area contributed by atoms with E-state index in [-0.39, 0.29) is 16.9 Å². The Labute approximate surface area is 138 Å². The van der Waals surface area contributed by atoms with Crippen molar-refractivity contribution in [1.82, 2.24) is 0 Å². The molecule has 2 aromatic rings. The third-order valence-electron chi connectivity index (χ3n) is 3.20. The van der Waals surface area contributed by atoms with Crippen molar-refractivity contribution >= 4 is 23.0 Å². The van der Waals surface area contributed by atoms with Crippen LogP contribution in [0.25, 0.3) is 0 Å². The van der Waals surface area contributed by atoms with Crippen molar-refractivity contribution in [2.24, 2.45) is 0 Å². The molecule has 2 aromatic carbocycles. The summed E-state index contributed by atoms with van der Waals surface area (Å²) in [5.74, 6) is -0.713. The third-order valence-corrected chi connectivity index (χ3v) is 3.20. The largest absolute Gasteiger partial charge is 0.350 e. The number of nitriles is 1. The molecule has 0 fully saturated rings. The van der Waals surface area contributed by atoms with Gasteiger partial charge in [-0.3, -0.25) is 14.9 Å². The van der Waals surface area contributed by atoms with Crippen molar-refractivity contribution < 1.29 is 9.72 Å². The molecule has 0 aliphatic carbocycles. The first-order valence-electron chi connectivity index (χ1n) is 6.97. The van der Waals surface area contributed by atoms with Gasteiger partial charge in [-0.2, -0.15) is 5.26 Å². The molecule has 0 saturated carbocycles. The first kappa shape index (κ1) is 16.7. The molecule has 0 aliphatic rings. The number of anilines is 2. The Morgan fingerprint density at radius 2 is 1.83 bits per heavy atom. The van der Waals surface area contributed by atoms with Gasteiger partial charge in [-0.05, 0) is 18.2 Å². The highest BCUT2D eigenvalue weighted by atomic mass is 16.6. The smallest absolute Gasteiger partial charge is 0.292 e. The van der Waals surface area contributed by atoms with Crippen molar-refractivity contribution in [3.63, 3.8) is 0 Å². The van der Waals surface area contributed by atoms with E-state index in [0.29, 0.717) is 0 Å². The number of para-hydroxylation sites is 3. The number of hydrogen-bond acceptors (Lipinski definition) is 5. The minimum Gasteiger partial charge on any atom is -0.350 e. The molecule has 1 amide bonds. The van der Waals surface area contributed by atoms with Gasteiger partial charge in [0.15, 0.2) is 0 Å². The molecule has 0 spiro atoms. The number of nitro benzene ring substituents is 1. The van der Waals surface area contributed by atoms with Crippen LogP contribution in [0, 0.1) is 21.4 Å². The average molecular weight is 322 g/mol. The molecule has 0 aliphatic heterocycles. The van der Waals surface area contributed by atoms with Crippen LogP contribution < -0.4 is 10.2 Å². The molecule has 0 heterocycles. The van der Waals surface area contributed by atoms with E-state index in [0.717, 1.165) is 5.69 Å². The minimum atomic E-state index is -0.713. The fourth-order valence-corrected chi connectivity index (χ4v) is 2.00. The molecule has 1 N–H and O–H groups in total. The van der Waals surface area contributed by atoms with Crippen LogP contribution in [-0.4, -0.2) is 17.9 Å². The van der Waals surface area contributed by atoms with Crippen molar-refractivity contribution in [2.75, 3.05) is 17.3 Å². The molecule has 0 aromatic heterocycles.